The summed E-state index contributed by atoms with van der Waals surface area (Å²) in [5.74, 6) is 0.849. The molecule has 2 aliphatic rings. The summed E-state index contributed by atoms with van der Waals surface area (Å²) in [4.78, 5) is 16.9. The van der Waals surface area contributed by atoms with Crippen LogP contribution >= 0.6 is 11.6 Å². The normalized spacial score (nSPS) is 25.2. The van der Waals surface area contributed by atoms with E-state index < -0.39 is 0 Å². The van der Waals surface area contributed by atoms with E-state index in [1.54, 1.807) is 13.2 Å². The van der Waals surface area contributed by atoms with E-state index in [0.717, 1.165) is 25.2 Å². The molecule has 2 bridgehead atoms. The Bertz CT molecular complexity index is 629. The van der Waals surface area contributed by atoms with Crippen molar-refractivity contribution in [3.63, 3.8) is 0 Å². The van der Waals surface area contributed by atoms with Crippen LogP contribution in [0.5, 0.6) is 5.75 Å². The van der Waals surface area contributed by atoms with Crippen molar-refractivity contribution >= 4 is 23.2 Å². The second kappa shape index (κ2) is 5.94. The predicted octanol–water partition coefficient (Wildman–Crippen LogP) is 3.10. The summed E-state index contributed by atoms with van der Waals surface area (Å²) < 4.78 is 5.40. The van der Waals surface area contributed by atoms with E-state index in [1.807, 2.05) is 24.0 Å². The third kappa shape index (κ3) is 2.50. The molecule has 1 aromatic carbocycles. The number of piperazine rings is 1. The van der Waals surface area contributed by atoms with Gasteiger partial charge in [0.1, 0.15) is 5.75 Å². The molecule has 3 rings (SSSR count). The van der Waals surface area contributed by atoms with Crippen LogP contribution in [0.1, 0.15) is 20.3 Å². The van der Waals surface area contributed by atoms with Gasteiger partial charge in [0.05, 0.1) is 24.9 Å². The molecule has 0 aromatic heterocycles. The van der Waals surface area contributed by atoms with E-state index in [2.05, 4.69) is 17.9 Å². The number of anilines is 1. The summed E-state index contributed by atoms with van der Waals surface area (Å²) in [6.07, 6.45) is 2.99. The summed E-state index contributed by atoms with van der Waals surface area (Å²) in [6, 6.07) is 5.60. The SMILES string of the molecule is C/C=C(\C)CN1C[C@@H]2C[C@H]1C(=O)N2c1cc(Cl)ccc1OC. The van der Waals surface area contributed by atoms with Crippen molar-refractivity contribution in [1.29, 1.82) is 0 Å². The van der Waals surface area contributed by atoms with Gasteiger partial charge in [-0.15, -0.1) is 0 Å². The van der Waals surface area contributed by atoms with E-state index in [0.29, 0.717) is 10.8 Å². The van der Waals surface area contributed by atoms with Crippen molar-refractivity contribution in [1.82, 2.24) is 4.90 Å². The average molecular weight is 321 g/mol. The number of amides is 1. The quantitative estimate of drug-likeness (QED) is 0.799. The number of hydrogen-bond acceptors (Lipinski definition) is 3. The fourth-order valence-corrected chi connectivity index (χ4v) is 3.58. The van der Waals surface area contributed by atoms with Gasteiger partial charge in [0, 0.05) is 18.1 Å². The van der Waals surface area contributed by atoms with Crippen LogP contribution in [0.15, 0.2) is 29.8 Å². The monoisotopic (exact) mass is 320 g/mol. The fraction of sp³-hybridized carbons (Fsp3) is 0.471. The number of hydrogen-bond donors (Lipinski definition) is 0. The number of fused-ring (bicyclic) bond motifs is 2. The fourth-order valence-electron chi connectivity index (χ4n) is 3.42. The van der Waals surface area contributed by atoms with E-state index in [-0.39, 0.29) is 18.0 Å². The minimum Gasteiger partial charge on any atom is -0.495 e. The van der Waals surface area contributed by atoms with Crippen molar-refractivity contribution < 1.29 is 9.53 Å². The lowest BCUT2D eigenvalue weighted by atomic mass is 10.2. The summed E-state index contributed by atoms with van der Waals surface area (Å²) in [5, 5.41) is 0.619. The van der Waals surface area contributed by atoms with Crippen LogP contribution < -0.4 is 9.64 Å². The number of benzene rings is 1. The minimum absolute atomic E-state index is 0.0245. The zero-order valence-electron chi connectivity index (χ0n) is 13.2. The van der Waals surface area contributed by atoms with Crippen molar-refractivity contribution in [2.24, 2.45) is 0 Å². The molecule has 0 unspecified atom stereocenters. The van der Waals surface area contributed by atoms with Crippen molar-refractivity contribution in [3.05, 3.63) is 34.9 Å². The number of nitrogens with zero attached hydrogens (tertiary/aromatic N) is 2. The smallest absolute Gasteiger partial charge is 0.244 e. The van der Waals surface area contributed by atoms with E-state index in [9.17, 15) is 4.79 Å². The van der Waals surface area contributed by atoms with Crippen molar-refractivity contribution in [2.45, 2.75) is 32.4 Å². The Balaban J connectivity index is 1.86. The van der Waals surface area contributed by atoms with Gasteiger partial charge in [-0.05, 0) is 38.5 Å². The zero-order valence-corrected chi connectivity index (χ0v) is 13.9. The lowest BCUT2D eigenvalue weighted by molar-refractivity contribution is -0.122. The van der Waals surface area contributed by atoms with Crippen molar-refractivity contribution in [2.75, 3.05) is 25.1 Å². The van der Waals surface area contributed by atoms with Crippen LogP contribution in [-0.4, -0.2) is 43.1 Å². The molecule has 2 atom stereocenters. The molecule has 0 saturated carbocycles. The summed E-state index contributed by atoms with van der Waals surface area (Å²) in [6.45, 7) is 5.91. The molecular weight excluding hydrogens is 300 g/mol. The molecule has 22 heavy (non-hydrogen) atoms. The molecule has 2 aliphatic heterocycles. The van der Waals surface area contributed by atoms with Gasteiger partial charge in [0.15, 0.2) is 0 Å². The number of carbonyl (C=O) groups is 1. The highest BCUT2D eigenvalue weighted by Gasteiger charge is 2.50. The number of methoxy groups -OCH3 is 1. The van der Waals surface area contributed by atoms with Crippen LogP contribution in [0.25, 0.3) is 0 Å². The second-order valence-corrected chi connectivity index (χ2v) is 6.43. The highest BCUT2D eigenvalue weighted by molar-refractivity contribution is 6.31. The van der Waals surface area contributed by atoms with Gasteiger partial charge >= 0.3 is 0 Å². The molecule has 0 N–H and O–H groups in total. The maximum atomic E-state index is 12.8. The van der Waals surface area contributed by atoms with Crippen LogP contribution in [0.3, 0.4) is 0 Å². The first kappa shape index (κ1) is 15.4. The minimum atomic E-state index is -0.0245. The Hall–Kier alpha value is -1.52. The van der Waals surface area contributed by atoms with Gasteiger partial charge in [-0.1, -0.05) is 23.3 Å². The van der Waals surface area contributed by atoms with Gasteiger partial charge in [-0.25, -0.2) is 0 Å². The zero-order chi connectivity index (χ0) is 15.9. The largest absolute Gasteiger partial charge is 0.495 e. The molecule has 0 spiro atoms. The number of ether oxygens (including phenoxy) is 1. The lowest BCUT2D eigenvalue weighted by Gasteiger charge is -2.34. The van der Waals surface area contributed by atoms with Crippen LogP contribution in [0.2, 0.25) is 5.02 Å². The Morgan fingerprint density at radius 2 is 2.27 bits per heavy atom. The molecule has 1 aromatic rings. The first-order valence-corrected chi connectivity index (χ1v) is 7.95. The third-order valence-corrected chi connectivity index (χ3v) is 4.85. The second-order valence-electron chi connectivity index (χ2n) is 5.99. The van der Waals surface area contributed by atoms with Crippen LogP contribution in [0.4, 0.5) is 5.69 Å². The average Bonchev–Trinajstić information content (AvgIpc) is 3.04. The van der Waals surface area contributed by atoms with Crippen LogP contribution in [-0.2, 0) is 4.79 Å². The number of carbonyl (C=O) groups excluding carboxylic acids is 1. The van der Waals surface area contributed by atoms with Gasteiger partial charge in [-0.3, -0.25) is 9.69 Å². The number of likely N-dealkylation sites (tertiary alicyclic amines) is 1. The van der Waals surface area contributed by atoms with Gasteiger partial charge in [0.25, 0.3) is 0 Å². The molecule has 0 radical (unpaired) electrons. The Morgan fingerprint density at radius 1 is 1.50 bits per heavy atom. The highest BCUT2D eigenvalue weighted by Crippen LogP contribution is 2.41. The first-order chi connectivity index (χ1) is 10.5. The number of rotatable bonds is 4. The lowest BCUT2D eigenvalue weighted by Crippen LogP contribution is -2.51. The molecule has 2 heterocycles. The Kier molecular flexibility index (Phi) is 4.15. The standard InChI is InChI=1S/C17H21ClN2O2/c1-4-11(2)9-19-10-13-8-15(19)17(21)20(13)14-7-12(18)5-6-16(14)22-3/h4-7,13,15H,8-10H2,1-3H3/b11-4+/t13-,15-/m0/s1. The van der Waals surface area contributed by atoms with Gasteiger partial charge in [-0.2, -0.15) is 0 Å². The van der Waals surface area contributed by atoms with E-state index in [1.165, 1.54) is 5.57 Å². The van der Waals surface area contributed by atoms with E-state index >= 15 is 0 Å². The molecule has 1 amide bonds. The molecule has 0 aliphatic carbocycles. The molecule has 2 fully saturated rings. The van der Waals surface area contributed by atoms with Crippen molar-refractivity contribution in [3.8, 4) is 5.75 Å². The predicted molar refractivity (Wildman–Crippen MR) is 88.7 cm³/mol. The highest BCUT2D eigenvalue weighted by atomic mass is 35.5. The maximum Gasteiger partial charge on any atom is 0.244 e. The maximum absolute atomic E-state index is 12.8. The molecular formula is C17H21ClN2O2. The van der Waals surface area contributed by atoms with E-state index in [4.69, 9.17) is 16.3 Å². The molecule has 4 nitrogen and oxygen atoms in total. The Morgan fingerprint density at radius 3 is 2.91 bits per heavy atom. The van der Waals surface area contributed by atoms with Gasteiger partial charge in [0.2, 0.25) is 5.91 Å². The summed E-state index contributed by atoms with van der Waals surface area (Å²) in [5.41, 5.74) is 2.09. The summed E-state index contributed by atoms with van der Waals surface area (Å²) in [7, 11) is 1.62. The summed E-state index contributed by atoms with van der Waals surface area (Å²) >= 11 is 6.11. The topological polar surface area (TPSA) is 32.8 Å². The van der Waals surface area contributed by atoms with Crippen LogP contribution in [0, 0.1) is 0 Å². The van der Waals surface area contributed by atoms with Gasteiger partial charge < -0.3 is 9.64 Å². The number of halogens is 1. The number of allylic oxidation sites excluding steroid dienone is 1. The Labute approximate surface area is 136 Å². The molecule has 5 heteroatoms. The third-order valence-electron chi connectivity index (χ3n) is 4.61. The first-order valence-electron chi connectivity index (χ1n) is 7.57. The molecule has 2 saturated heterocycles. The molecule has 118 valence electrons.